The zero-order chi connectivity index (χ0) is 17.0. The van der Waals surface area contributed by atoms with Gasteiger partial charge in [0.15, 0.2) is 0 Å². The molecule has 0 saturated carbocycles. The van der Waals surface area contributed by atoms with E-state index in [1.807, 2.05) is 23.9 Å². The molecule has 24 heavy (non-hydrogen) atoms. The highest BCUT2D eigenvalue weighted by atomic mass is 32.2. The van der Waals surface area contributed by atoms with Gasteiger partial charge in [-0.3, -0.25) is 4.99 Å². The smallest absolute Gasteiger partial charge is 0.116 e. The second kappa shape index (κ2) is 7.77. The molecule has 130 valence electrons. The number of hydrogen-bond donors (Lipinski definition) is 1. The third-order valence-corrected chi connectivity index (χ3v) is 6.65. The number of unbranched alkanes of at least 4 members (excludes halogenated alkanes) is 1. The molecule has 2 aliphatic rings. The van der Waals surface area contributed by atoms with E-state index in [9.17, 15) is 5.11 Å². The molecule has 0 saturated heterocycles. The Morgan fingerprint density at radius 1 is 1.25 bits per heavy atom. The van der Waals surface area contributed by atoms with E-state index in [0.29, 0.717) is 5.75 Å². The van der Waals surface area contributed by atoms with Crippen LogP contribution in [0.25, 0.3) is 0 Å². The first-order valence-electron chi connectivity index (χ1n) is 9.43. The molecule has 1 aliphatic carbocycles. The number of benzene rings is 1. The molecule has 0 amide bonds. The number of thioether (sulfide) groups is 1. The molecular formula is C21H29NOS. The Bertz CT molecular complexity index is 649. The molecule has 1 aliphatic heterocycles. The Kier molecular flexibility index (Phi) is 5.70. The molecule has 3 heteroatoms. The second-order valence-electron chi connectivity index (χ2n) is 7.09. The lowest BCUT2D eigenvalue weighted by Gasteiger charge is -2.28. The van der Waals surface area contributed by atoms with Crippen LogP contribution >= 0.6 is 11.8 Å². The van der Waals surface area contributed by atoms with Crippen LogP contribution in [0.5, 0.6) is 5.75 Å². The monoisotopic (exact) mass is 343 g/mol. The number of fused-ring (bicyclic) bond motifs is 1. The molecule has 1 heterocycles. The van der Waals surface area contributed by atoms with Crippen LogP contribution in [0, 0.1) is 0 Å². The summed E-state index contributed by atoms with van der Waals surface area (Å²) in [4.78, 5) is 6.59. The van der Waals surface area contributed by atoms with E-state index >= 15 is 0 Å². The lowest BCUT2D eigenvalue weighted by atomic mass is 9.88. The minimum absolute atomic E-state index is 0.0307. The topological polar surface area (TPSA) is 32.6 Å². The number of aromatic hydroxyl groups is 1. The Morgan fingerprint density at radius 3 is 2.83 bits per heavy atom. The average Bonchev–Trinajstić information content (AvgIpc) is 2.78. The van der Waals surface area contributed by atoms with Crippen molar-refractivity contribution >= 4 is 17.5 Å². The molecule has 0 aromatic heterocycles. The van der Waals surface area contributed by atoms with E-state index in [4.69, 9.17) is 4.99 Å². The summed E-state index contributed by atoms with van der Waals surface area (Å²) in [5, 5.41) is 9.94. The lowest BCUT2D eigenvalue weighted by Crippen LogP contribution is -2.30. The van der Waals surface area contributed by atoms with Crippen LogP contribution < -0.4 is 0 Å². The van der Waals surface area contributed by atoms with Gasteiger partial charge in [0.25, 0.3) is 0 Å². The summed E-state index contributed by atoms with van der Waals surface area (Å²) in [5.41, 5.74) is 3.87. The van der Waals surface area contributed by atoms with Gasteiger partial charge in [0.1, 0.15) is 5.75 Å². The molecule has 0 fully saturated rings. The van der Waals surface area contributed by atoms with E-state index in [-0.39, 0.29) is 5.54 Å². The number of rotatable bonds is 5. The number of aliphatic imine (C=N–C) groups is 1. The quantitative estimate of drug-likeness (QED) is 0.698. The van der Waals surface area contributed by atoms with Crippen molar-refractivity contribution in [2.45, 2.75) is 75.6 Å². The van der Waals surface area contributed by atoms with Crippen LogP contribution in [-0.2, 0) is 0 Å². The molecular weight excluding hydrogens is 314 g/mol. The van der Waals surface area contributed by atoms with Gasteiger partial charge in [-0.15, -0.1) is 11.8 Å². The van der Waals surface area contributed by atoms with Crippen LogP contribution in [0.15, 0.2) is 39.7 Å². The minimum Gasteiger partial charge on any atom is -0.508 e. The summed E-state index contributed by atoms with van der Waals surface area (Å²) in [5.74, 6) is 1.37. The van der Waals surface area contributed by atoms with Gasteiger partial charge in [0.05, 0.1) is 11.3 Å². The predicted octanol–water partition coefficient (Wildman–Crippen LogP) is 6.13. The van der Waals surface area contributed by atoms with E-state index < -0.39 is 0 Å². The van der Waals surface area contributed by atoms with Gasteiger partial charge in [0.2, 0.25) is 0 Å². The zero-order valence-corrected chi connectivity index (χ0v) is 15.8. The SMILES string of the molecule is CCCCC1(CC)CSc2cc(O)ccc2C(C2=CCCCC2)=N1. The van der Waals surface area contributed by atoms with E-state index in [1.165, 1.54) is 53.8 Å². The van der Waals surface area contributed by atoms with Crippen LogP contribution in [0.4, 0.5) is 0 Å². The molecule has 2 nitrogen and oxygen atoms in total. The molecule has 1 atom stereocenters. The molecule has 0 radical (unpaired) electrons. The third-order valence-electron chi connectivity index (χ3n) is 5.31. The molecule has 1 aromatic carbocycles. The van der Waals surface area contributed by atoms with Crippen molar-refractivity contribution in [3.8, 4) is 5.75 Å². The van der Waals surface area contributed by atoms with E-state index in [0.717, 1.165) is 25.0 Å². The maximum Gasteiger partial charge on any atom is 0.116 e. The van der Waals surface area contributed by atoms with Gasteiger partial charge in [-0.25, -0.2) is 0 Å². The van der Waals surface area contributed by atoms with Crippen molar-refractivity contribution in [2.75, 3.05) is 5.75 Å². The van der Waals surface area contributed by atoms with Crippen molar-refractivity contribution in [1.29, 1.82) is 0 Å². The first-order valence-corrected chi connectivity index (χ1v) is 10.4. The van der Waals surface area contributed by atoms with E-state index in [2.05, 4.69) is 26.0 Å². The molecule has 0 bridgehead atoms. The summed E-state index contributed by atoms with van der Waals surface area (Å²) < 4.78 is 0. The van der Waals surface area contributed by atoms with Gasteiger partial charge in [-0.1, -0.05) is 32.8 Å². The molecule has 1 N–H and O–H groups in total. The van der Waals surface area contributed by atoms with Crippen LogP contribution in [0.1, 0.15) is 70.8 Å². The Labute approximate surface area is 150 Å². The highest BCUT2D eigenvalue weighted by Gasteiger charge is 2.32. The second-order valence-corrected chi connectivity index (χ2v) is 8.10. The fraction of sp³-hybridized carbons (Fsp3) is 0.571. The minimum atomic E-state index is 0.0307. The maximum atomic E-state index is 9.94. The molecule has 0 spiro atoms. The maximum absolute atomic E-state index is 9.94. The van der Waals surface area contributed by atoms with Crippen molar-refractivity contribution in [2.24, 2.45) is 4.99 Å². The first kappa shape index (κ1) is 17.6. The summed E-state index contributed by atoms with van der Waals surface area (Å²) in [6, 6.07) is 5.80. The fourth-order valence-corrected chi connectivity index (χ4v) is 5.02. The molecule has 3 rings (SSSR count). The van der Waals surface area contributed by atoms with Crippen molar-refractivity contribution in [1.82, 2.24) is 0 Å². The number of nitrogens with zero attached hydrogens (tertiary/aromatic N) is 1. The number of phenolic OH excluding ortho intramolecular Hbond substituents is 1. The van der Waals surface area contributed by atoms with Gasteiger partial charge < -0.3 is 5.11 Å². The summed E-state index contributed by atoms with van der Waals surface area (Å²) in [7, 11) is 0. The zero-order valence-electron chi connectivity index (χ0n) is 15.0. The van der Waals surface area contributed by atoms with Gasteiger partial charge in [-0.2, -0.15) is 0 Å². The predicted molar refractivity (Wildman–Crippen MR) is 104 cm³/mol. The van der Waals surface area contributed by atoms with Crippen LogP contribution in [-0.4, -0.2) is 22.1 Å². The van der Waals surface area contributed by atoms with Gasteiger partial charge >= 0.3 is 0 Å². The highest BCUT2D eigenvalue weighted by Crippen LogP contribution is 2.40. The highest BCUT2D eigenvalue weighted by molar-refractivity contribution is 7.99. The van der Waals surface area contributed by atoms with Gasteiger partial charge in [0, 0.05) is 16.2 Å². The van der Waals surface area contributed by atoms with Gasteiger partial charge in [-0.05, 0) is 62.3 Å². The summed E-state index contributed by atoms with van der Waals surface area (Å²) in [6.45, 7) is 4.54. The number of hydrogen-bond acceptors (Lipinski definition) is 3. The summed E-state index contributed by atoms with van der Waals surface area (Å²) in [6.07, 6.45) is 11.9. The first-order chi connectivity index (χ1) is 11.7. The Balaban J connectivity index is 2.08. The van der Waals surface area contributed by atoms with Crippen molar-refractivity contribution in [3.05, 3.63) is 35.4 Å². The van der Waals surface area contributed by atoms with Crippen molar-refractivity contribution < 1.29 is 5.11 Å². The third kappa shape index (κ3) is 3.72. The fourth-order valence-electron chi connectivity index (χ4n) is 3.66. The number of phenols is 1. The average molecular weight is 344 g/mol. The number of allylic oxidation sites excluding steroid dienone is 2. The normalized spacial score (nSPS) is 23.9. The Morgan fingerprint density at radius 2 is 2.12 bits per heavy atom. The van der Waals surface area contributed by atoms with Crippen LogP contribution in [0.2, 0.25) is 0 Å². The van der Waals surface area contributed by atoms with E-state index in [1.54, 1.807) is 0 Å². The summed E-state index contributed by atoms with van der Waals surface area (Å²) >= 11 is 1.87. The largest absolute Gasteiger partial charge is 0.508 e. The standard InChI is InChI=1S/C21H29NOS/c1-3-5-13-21(4-2)15-24-19-14-17(23)11-12-18(19)20(22-21)16-9-7-6-8-10-16/h9,11-12,14,23H,3-8,10,13,15H2,1-2H3. The van der Waals surface area contributed by atoms with Crippen LogP contribution in [0.3, 0.4) is 0 Å². The van der Waals surface area contributed by atoms with Crippen molar-refractivity contribution in [3.63, 3.8) is 0 Å². The molecule has 1 unspecified atom stereocenters. The lowest BCUT2D eigenvalue weighted by molar-refractivity contribution is 0.415. The Hall–Kier alpha value is -1.22. The molecule has 1 aromatic rings.